The molecule has 2 aromatic rings. The molecule has 3 rings (SSSR count). The number of amides is 1. The van der Waals surface area contributed by atoms with E-state index in [2.05, 4.69) is 20.3 Å². The van der Waals surface area contributed by atoms with Gasteiger partial charge in [0.2, 0.25) is 0 Å². The first-order chi connectivity index (χ1) is 10.4. The van der Waals surface area contributed by atoms with Crippen LogP contribution in [0, 0.1) is 0 Å². The second-order valence-electron chi connectivity index (χ2n) is 5.12. The van der Waals surface area contributed by atoms with Crippen molar-refractivity contribution in [3.8, 4) is 0 Å². The number of rotatable bonds is 2. The maximum atomic E-state index is 11.9. The molecule has 0 bridgehead atoms. The van der Waals surface area contributed by atoms with Gasteiger partial charge < -0.3 is 20.3 Å². The lowest BCUT2D eigenvalue weighted by Crippen LogP contribution is -2.51. The van der Waals surface area contributed by atoms with E-state index in [1.807, 2.05) is 0 Å². The Labute approximate surface area is 129 Å². The van der Waals surface area contributed by atoms with Crippen LogP contribution in [0.2, 0.25) is 5.15 Å². The average molecular weight is 328 g/mol. The van der Waals surface area contributed by atoms with Gasteiger partial charge in [-0.25, -0.2) is 15.0 Å². The molecular formula is C12H14ClN5O4. The Bertz CT molecular complexity index is 737. The summed E-state index contributed by atoms with van der Waals surface area (Å²) in [5.74, 6) is -0.543. The van der Waals surface area contributed by atoms with E-state index in [1.165, 1.54) is 31.2 Å². The monoisotopic (exact) mass is 327 g/mol. The van der Waals surface area contributed by atoms with Crippen molar-refractivity contribution in [2.45, 2.75) is 31.0 Å². The maximum absolute atomic E-state index is 11.9. The molecule has 22 heavy (non-hydrogen) atoms. The highest BCUT2D eigenvalue weighted by Crippen LogP contribution is 2.38. The van der Waals surface area contributed by atoms with Crippen molar-refractivity contribution in [2.24, 2.45) is 0 Å². The summed E-state index contributed by atoms with van der Waals surface area (Å²) in [6.45, 7) is 1.40. The van der Waals surface area contributed by atoms with Crippen LogP contribution in [0.15, 0.2) is 12.7 Å². The summed E-state index contributed by atoms with van der Waals surface area (Å²) >= 11 is 5.93. The van der Waals surface area contributed by atoms with E-state index in [0.29, 0.717) is 11.2 Å². The first kappa shape index (κ1) is 15.1. The first-order valence-electron chi connectivity index (χ1n) is 6.49. The Hall–Kier alpha value is -1.81. The number of halogens is 1. The van der Waals surface area contributed by atoms with Gasteiger partial charge in [-0.05, 0) is 6.92 Å². The third-order valence-electron chi connectivity index (χ3n) is 3.81. The van der Waals surface area contributed by atoms with Crippen LogP contribution in [0.5, 0.6) is 0 Å². The summed E-state index contributed by atoms with van der Waals surface area (Å²) in [7, 11) is 1.42. The molecule has 1 saturated heterocycles. The highest BCUT2D eigenvalue weighted by molar-refractivity contribution is 6.33. The number of carbonyl (C=O) groups is 1. The highest BCUT2D eigenvalue weighted by atomic mass is 35.5. The Morgan fingerprint density at radius 3 is 2.86 bits per heavy atom. The number of aliphatic hydroxyl groups is 2. The SMILES string of the molecule is CNC(=O)[C@@]1(C)O[C@@H](n2cnc3c(Cl)ncnc32)[C@H](O)[C@@H]1O. The third-order valence-corrected chi connectivity index (χ3v) is 4.09. The number of imidazole rings is 1. The molecule has 0 saturated carbocycles. The Balaban J connectivity index is 2.05. The molecule has 9 nitrogen and oxygen atoms in total. The minimum Gasteiger partial charge on any atom is -0.387 e. The normalized spacial score (nSPS) is 31.6. The van der Waals surface area contributed by atoms with E-state index >= 15 is 0 Å². The van der Waals surface area contributed by atoms with Crippen LogP contribution < -0.4 is 5.32 Å². The quantitative estimate of drug-likeness (QED) is 0.619. The molecule has 0 radical (unpaired) electrons. The summed E-state index contributed by atoms with van der Waals surface area (Å²) in [5.41, 5.74) is -0.924. The molecule has 0 spiro atoms. The minimum atomic E-state index is -1.59. The standard InChI is InChI=1S/C12H14ClN5O4/c1-12(11(21)14-2)7(20)6(19)10(22-12)18-4-17-5-8(13)15-3-16-9(5)18/h3-4,6-7,10,19-20H,1-2H3,(H,14,21)/t6-,7+,10-,12+/m1/s1. The van der Waals surface area contributed by atoms with Gasteiger partial charge in [-0.15, -0.1) is 0 Å². The van der Waals surface area contributed by atoms with Crippen LogP contribution in [-0.2, 0) is 9.53 Å². The number of ether oxygens (including phenoxy) is 1. The first-order valence-corrected chi connectivity index (χ1v) is 6.87. The van der Waals surface area contributed by atoms with E-state index in [-0.39, 0.29) is 5.15 Å². The Kier molecular flexibility index (Phi) is 3.52. The van der Waals surface area contributed by atoms with Gasteiger partial charge in [0.05, 0.1) is 6.33 Å². The van der Waals surface area contributed by atoms with Gasteiger partial charge in [0.25, 0.3) is 5.91 Å². The van der Waals surface area contributed by atoms with Crippen LogP contribution in [0.3, 0.4) is 0 Å². The average Bonchev–Trinajstić information content (AvgIpc) is 3.03. The number of hydrogen-bond donors (Lipinski definition) is 3. The summed E-state index contributed by atoms with van der Waals surface area (Å²) in [6, 6.07) is 0. The van der Waals surface area contributed by atoms with Crippen molar-refractivity contribution in [1.82, 2.24) is 24.8 Å². The van der Waals surface area contributed by atoms with Gasteiger partial charge in [-0.1, -0.05) is 11.6 Å². The summed E-state index contributed by atoms with van der Waals surface area (Å²) < 4.78 is 7.03. The van der Waals surface area contributed by atoms with Gasteiger partial charge in [-0.3, -0.25) is 9.36 Å². The lowest BCUT2D eigenvalue weighted by molar-refractivity contribution is -0.154. The van der Waals surface area contributed by atoms with Crippen LogP contribution >= 0.6 is 11.6 Å². The van der Waals surface area contributed by atoms with E-state index in [9.17, 15) is 15.0 Å². The number of nitrogens with one attached hydrogen (secondary N) is 1. The van der Waals surface area contributed by atoms with Crippen LogP contribution in [0.4, 0.5) is 0 Å². The number of likely N-dealkylation sites (N-methyl/N-ethyl adjacent to an activating group) is 1. The summed E-state index contributed by atoms with van der Waals surface area (Å²) in [6.07, 6.45) is -1.17. The van der Waals surface area contributed by atoms with Gasteiger partial charge >= 0.3 is 0 Å². The fourth-order valence-electron chi connectivity index (χ4n) is 2.54. The van der Waals surface area contributed by atoms with Crippen molar-refractivity contribution in [3.05, 3.63) is 17.8 Å². The molecule has 0 aromatic carbocycles. The molecule has 1 aliphatic rings. The summed E-state index contributed by atoms with van der Waals surface area (Å²) in [5, 5.41) is 23.0. The van der Waals surface area contributed by atoms with Gasteiger partial charge in [-0.2, -0.15) is 0 Å². The Morgan fingerprint density at radius 2 is 2.18 bits per heavy atom. The molecule has 0 unspecified atom stereocenters. The van der Waals surface area contributed by atoms with Crippen molar-refractivity contribution in [3.63, 3.8) is 0 Å². The van der Waals surface area contributed by atoms with Gasteiger partial charge in [0.15, 0.2) is 22.6 Å². The molecule has 10 heteroatoms. The molecule has 0 aliphatic carbocycles. The van der Waals surface area contributed by atoms with Gasteiger partial charge in [0, 0.05) is 7.05 Å². The van der Waals surface area contributed by atoms with Crippen LogP contribution in [0.25, 0.3) is 11.2 Å². The fourth-order valence-corrected chi connectivity index (χ4v) is 2.72. The van der Waals surface area contributed by atoms with E-state index < -0.39 is 29.9 Å². The maximum Gasteiger partial charge on any atom is 0.254 e. The molecule has 118 valence electrons. The third kappa shape index (κ3) is 1.97. The van der Waals surface area contributed by atoms with E-state index in [0.717, 1.165) is 0 Å². The van der Waals surface area contributed by atoms with Crippen molar-refractivity contribution < 1.29 is 19.7 Å². The van der Waals surface area contributed by atoms with Gasteiger partial charge in [0.1, 0.15) is 24.1 Å². The zero-order valence-corrected chi connectivity index (χ0v) is 12.5. The fraction of sp³-hybridized carbons (Fsp3) is 0.500. The highest BCUT2D eigenvalue weighted by Gasteiger charge is 2.56. The second kappa shape index (κ2) is 5.13. The lowest BCUT2D eigenvalue weighted by atomic mass is 9.96. The van der Waals surface area contributed by atoms with Crippen molar-refractivity contribution >= 4 is 28.7 Å². The number of hydrogen-bond acceptors (Lipinski definition) is 7. The molecule has 3 N–H and O–H groups in total. The second-order valence-corrected chi connectivity index (χ2v) is 5.48. The number of carbonyl (C=O) groups excluding carboxylic acids is 1. The van der Waals surface area contributed by atoms with Crippen LogP contribution in [0.1, 0.15) is 13.2 Å². The molecule has 2 aromatic heterocycles. The molecule has 1 amide bonds. The molecule has 3 heterocycles. The predicted octanol–water partition coefficient (Wildman–Crippen LogP) is -0.765. The number of aliphatic hydroxyl groups excluding tert-OH is 2. The molecular weight excluding hydrogens is 314 g/mol. The zero-order valence-electron chi connectivity index (χ0n) is 11.8. The number of fused-ring (bicyclic) bond motifs is 1. The molecule has 1 fully saturated rings. The zero-order chi connectivity index (χ0) is 16.1. The lowest BCUT2D eigenvalue weighted by Gasteiger charge is -2.25. The number of nitrogens with zero attached hydrogens (tertiary/aromatic N) is 4. The Morgan fingerprint density at radius 1 is 1.45 bits per heavy atom. The molecule has 4 atom stereocenters. The molecule has 1 aliphatic heterocycles. The topological polar surface area (TPSA) is 122 Å². The van der Waals surface area contributed by atoms with Crippen molar-refractivity contribution in [2.75, 3.05) is 7.05 Å². The van der Waals surface area contributed by atoms with E-state index in [4.69, 9.17) is 16.3 Å². The number of aromatic nitrogens is 4. The summed E-state index contributed by atoms with van der Waals surface area (Å²) in [4.78, 5) is 23.9. The largest absolute Gasteiger partial charge is 0.387 e. The van der Waals surface area contributed by atoms with Crippen LogP contribution in [-0.4, -0.2) is 60.5 Å². The van der Waals surface area contributed by atoms with Crippen molar-refractivity contribution in [1.29, 1.82) is 0 Å². The predicted molar refractivity (Wildman–Crippen MR) is 74.9 cm³/mol. The smallest absolute Gasteiger partial charge is 0.254 e. The minimum absolute atomic E-state index is 0.158. The van der Waals surface area contributed by atoms with E-state index in [1.54, 1.807) is 0 Å².